The van der Waals surface area contributed by atoms with Gasteiger partial charge in [-0.05, 0) is 100 Å². The fraction of sp³-hybridized carbons (Fsp3) is 0.600. The third-order valence-electron chi connectivity index (χ3n) is 9.42. The number of anilines is 2. The van der Waals surface area contributed by atoms with E-state index in [0.717, 1.165) is 37.9 Å². The minimum atomic E-state index is -1.09. The number of aromatic nitrogens is 1. The summed E-state index contributed by atoms with van der Waals surface area (Å²) in [7, 11) is 0. The summed E-state index contributed by atoms with van der Waals surface area (Å²) in [5.74, 6) is 1.58. The van der Waals surface area contributed by atoms with Crippen molar-refractivity contribution in [2.45, 2.75) is 76.2 Å². The van der Waals surface area contributed by atoms with E-state index in [1.165, 1.54) is 6.07 Å². The molecule has 2 unspecified atom stereocenters. The lowest BCUT2D eigenvalue weighted by Gasteiger charge is -2.58. The van der Waals surface area contributed by atoms with Gasteiger partial charge in [-0.15, -0.1) is 0 Å². The van der Waals surface area contributed by atoms with Crippen LogP contribution in [0.15, 0.2) is 36.4 Å². The molecule has 38 heavy (non-hydrogen) atoms. The molecule has 1 aromatic heterocycles. The molecule has 204 valence electrons. The van der Waals surface area contributed by atoms with E-state index >= 15 is 0 Å². The average Bonchev–Trinajstić information content (AvgIpc) is 2.84. The maximum Gasteiger partial charge on any atom is 0.270 e. The van der Waals surface area contributed by atoms with Crippen LogP contribution in [-0.4, -0.2) is 58.4 Å². The van der Waals surface area contributed by atoms with Gasteiger partial charge in [0.1, 0.15) is 17.3 Å². The lowest BCUT2D eigenvalue weighted by atomic mass is 9.52. The molecular formula is C30H39FN4O3. The molecule has 5 fully saturated rings. The summed E-state index contributed by atoms with van der Waals surface area (Å²) >= 11 is 0. The van der Waals surface area contributed by atoms with Crippen LogP contribution < -0.4 is 15.1 Å². The fourth-order valence-electron chi connectivity index (χ4n) is 7.81. The number of nitrogens with one attached hydrogen (secondary N) is 1. The first kappa shape index (κ1) is 25.6. The van der Waals surface area contributed by atoms with Gasteiger partial charge in [0, 0.05) is 31.7 Å². The van der Waals surface area contributed by atoms with E-state index in [2.05, 4.69) is 17.1 Å². The summed E-state index contributed by atoms with van der Waals surface area (Å²) in [4.78, 5) is 22.2. The molecule has 7 rings (SSSR count). The van der Waals surface area contributed by atoms with Crippen molar-refractivity contribution in [2.75, 3.05) is 29.4 Å². The van der Waals surface area contributed by atoms with Crippen molar-refractivity contribution in [1.82, 2.24) is 10.3 Å². The number of carbonyl (C=O) groups is 1. The molecule has 0 spiro atoms. The van der Waals surface area contributed by atoms with Gasteiger partial charge in [0.2, 0.25) is 0 Å². The maximum absolute atomic E-state index is 14.9. The predicted octanol–water partition coefficient (Wildman–Crippen LogP) is 3.83. The van der Waals surface area contributed by atoms with Crippen LogP contribution in [0.3, 0.4) is 0 Å². The highest BCUT2D eigenvalue weighted by molar-refractivity contribution is 5.93. The Hall–Kier alpha value is -2.71. The number of pyridine rings is 1. The van der Waals surface area contributed by atoms with Gasteiger partial charge in [0.15, 0.2) is 0 Å². The molecule has 0 radical (unpaired) electrons. The summed E-state index contributed by atoms with van der Waals surface area (Å²) < 4.78 is 14.9. The lowest BCUT2D eigenvalue weighted by molar-refractivity contribution is -0.136. The maximum atomic E-state index is 14.9. The molecule has 3 atom stereocenters. The number of piperazine rings is 1. The van der Waals surface area contributed by atoms with E-state index < -0.39 is 11.2 Å². The van der Waals surface area contributed by atoms with Gasteiger partial charge in [0.05, 0.1) is 16.9 Å². The molecule has 3 N–H and O–H groups in total. The van der Waals surface area contributed by atoms with E-state index in [9.17, 15) is 19.4 Å². The van der Waals surface area contributed by atoms with Gasteiger partial charge >= 0.3 is 0 Å². The summed E-state index contributed by atoms with van der Waals surface area (Å²) in [6, 6.07) is 10.7. The van der Waals surface area contributed by atoms with Crippen LogP contribution in [0, 0.1) is 23.6 Å². The molecule has 4 saturated carbocycles. The molecule has 2 aromatic rings. The van der Waals surface area contributed by atoms with Crippen molar-refractivity contribution in [2.24, 2.45) is 17.8 Å². The smallest absolute Gasteiger partial charge is 0.270 e. The quantitative estimate of drug-likeness (QED) is 0.553. The Kier molecular flexibility index (Phi) is 6.18. The Morgan fingerprint density at radius 2 is 1.87 bits per heavy atom. The average molecular weight is 523 g/mol. The van der Waals surface area contributed by atoms with E-state index in [-0.39, 0.29) is 23.8 Å². The SMILES string of the molecule is C[C@@H]1CN(c2ccc(C(C)(C)O)cc2F)CCN1c1cccc(C(=O)NC2C3CC4CC2CC(O)(C4)C3)n1. The summed E-state index contributed by atoms with van der Waals surface area (Å²) in [6.07, 6.45) is 4.71. The summed E-state index contributed by atoms with van der Waals surface area (Å²) in [5, 5.41) is 24.4. The molecule has 1 amide bonds. The topological polar surface area (TPSA) is 88.9 Å². The Balaban J connectivity index is 1.12. The highest BCUT2D eigenvalue weighted by Gasteiger charge is 2.55. The van der Waals surface area contributed by atoms with Crippen LogP contribution in [0.25, 0.3) is 0 Å². The highest BCUT2D eigenvalue weighted by atomic mass is 19.1. The highest BCUT2D eigenvalue weighted by Crippen LogP contribution is 2.55. The number of amides is 1. The van der Waals surface area contributed by atoms with Crippen molar-refractivity contribution in [3.63, 3.8) is 0 Å². The minimum Gasteiger partial charge on any atom is -0.390 e. The van der Waals surface area contributed by atoms with E-state index in [4.69, 9.17) is 4.98 Å². The Bertz CT molecular complexity index is 1210. The molecule has 4 bridgehead atoms. The first-order chi connectivity index (χ1) is 18.0. The van der Waals surface area contributed by atoms with E-state index in [1.807, 2.05) is 17.0 Å². The number of aliphatic hydroxyl groups is 2. The van der Waals surface area contributed by atoms with Gasteiger partial charge in [-0.25, -0.2) is 9.37 Å². The van der Waals surface area contributed by atoms with Crippen molar-refractivity contribution in [3.8, 4) is 0 Å². The second-order valence-electron chi connectivity index (χ2n) is 12.8. The predicted molar refractivity (Wildman–Crippen MR) is 145 cm³/mol. The van der Waals surface area contributed by atoms with Crippen LogP contribution in [0.1, 0.15) is 68.9 Å². The molecule has 8 heteroatoms. The normalized spacial score (nSPS) is 32.5. The van der Waals surface area contributed by atoms with E-state index in [0.29, 0.717) is 54.3 Å². The van der Waals surface area contributed by atoms with Crippen molar-refractivity contribution >= 4 is 17.4 Å². The Morgan fingerprint density at radius 1 is 1.13 bits per heavy atom. The molecule has 1 aliphatic heterocycles. The van der Waals surface area contributed by atoms with Crippen molar-refractivity contribution in [1.29, 1.82) is 0 Å². The van der Waals surface area contributed by atoms with Gasteiger partial charge in [-0.2, -0.15) is 0 Å². The number of hydrogen-bond acceptors (Lipinski definition) is 6. The fourth-order valence-corrected chi connectivity index (χ4v) is 7.81. The van der Waals surface area contributed by atoms with Gasteiger partial charge in [-0.3, -0.25) is 4.79 Å². The van der Waals surface area contributed by atoms with Crippen molar-refractivity contribution in [3.05, 3.63) is 53.5 Å². The number of halogens is 1. The zero-order valence-corrected chi connectivity index (χ0v) is 22.5. The molecule has 4 aliphatic carbocycles. The van der Waals surface area contributed by atoms with Crippen molar-refractivity contribution < 1.29 is 19.4 Å². The zero-order valence-electron chi connectivity index (χ0n) is 22.5. The number of benzene rings is 1. The summed E-state index contributed by atoms with van der Waals surface area (Å²) in [6.45, 7) is 7.28. The third-order valence-corrected chi connectivity index (χ3v) is 9.42. The lowest BCUT2D eigenvalue weighted by Crippen LogP contribution is -2.61. The monoisotopic (exact) mass is 522 g/mol. The standard InChI is InChI=1S/C30H39FN4O3/c1-18-17-34(25-8-7-22(13-23(25)31)29(2,3)37)9-10-35(18)26-6-4-5-24(32-26)28(36)33-27-20-11-19-12-21(27)16-30(38,14-19)15-20/h4-8,13,18-21,27,37-38H,9-12,14-17H2,1-3H3,(H,33,36)/t18-,19?,20?,21?,27?,30?/m1/s1. The van der Waals surface area contributed by atoms with Crippen LogP contribution in [0.2, 0.25) is 0 Å². The molecule has 7 nitrogen and oxygen atoms in total. The van der Waals surface area contributed by atoms with Crippen LogP contribution >= 0.6 is 0 Å². The largest absolute Gasteiger partial charge is 0.390 e. The Morgan fingerprint density at radius 3 is 2.50 bits per heavy atom. The molecular weight excluding hydrogens is 483 g/mol. The van der Waals surface area contributed by atoms with Crippen LogP contribution in [0.5, 0.6) is 0 Å². The van der Waals surface area contributed by atoms with E-state index in [1.54, 1.807) is 32.0 Å². The Labute approximate surface area is 224 Å². The number of carbonyl (C=O) groups excluding carboxylic acids is 1. The zero-order chi connectivity index (χ0) is 26.8. The number of rotatable bonds is 5. The number of hydrogen-bond donors (Lipinski definition) is 3. The first-order valence-electron chi connectivity index (χ1n) is 14.0. The van der Waals surface area contributed by atoms with Crippen LogP contribution in [-0.2, 0) is 5.60 Å². The molecule has 1 saturated heterocycles. The van der Waals surface area contributed by atoms with Gasteiger partial charge < -0.3 is 25.3 Å². The molecule has 1 aromatic carbocycles. The summed E-state index contributed by atoms with van der Waals surface area (Å²) in [5.41, 5.74) is -0.113. The molecule has 5 aliphatic rings. The number of nitrogens with zero attached hydrogens (tertiary/aromatic N) is 3. The minimum absolute atomic E-state index is 0.0630. The third kappa shape index (κ3) is 4.66. The van der Waals surface area contributed by atoms with Crippen LogP contribution in [0.4, 0.5) is 15.9 Å². The van der Waals surface area contributed by atoms with Gasteiger partial charge in [-0.1, -0.05) is 12.1 Å². The second kappa shape index (κ2) is 9.19. The first-order valence-corrected chi connectivity index (χ1v) is 14.0. The second-order valence-corrected chi connectivity index (χ2v) is 12.8. The molecule has 2 heterocycles. The van der Waals surface area contributed by atoms with Gasteiger partial charge in [0.25, 0.3) is 5.91 Å².